The maximum absolute atomic E-state index is 12.7. The van der Waals surface area contributed by atoms with Crippen LogP contribution in [0.1, 0.15) is 47.3 Å². The molecule has 0 spiro atoms. The molecule has 1 amide bonds. The van der Waals surface area contributed by atoms with E-state index < -0.39 is 32.8 Å². The van der Waals surface area contributed by atoms with Gasteiger partial charge in [0.25, 0.3) is 5.91 Å². The summed E-state index contributed by atoms with van der Waals surface area (Å²) >= 11 is 5.77. The molecule has 5 nitrogen and oxygen atoms in total. The molecule has 1 aliphatic carbocycles. The maximum atomic E-state index is 12.7. The highest BCUT2D eigenvalue weighted by Crippen LogP contribution is 2.30. The number of hydrogen-bond acceptors (Lipinski definition) is 4. The fraction of sp³-hybridized carbons (Fsp3) is 0.429. The van der Waals surface area contributed by atoms with Gasteiger partial charge in [0.1, 0.15) is 10.8 Å². The minimum atomic E-state index is -4.64. The number of hydrogen-bond donors (Lipinski definition) is 1. The van der Waals surface area contributed by atoms with Gasteiger partial charge in [-0.1, -0.05) is 23.7 Å². The summed E-state index contributed by atoms with van der Waals surface area (Å²) < 4.78 is 63.4. The molecule has 0 atom stereocenters. The molecule has 1 fully saturated rings. The second-order valence-corrected chi connectivity index (χ2v) is 10.2. The van der Waals surface area contributed by atoms with Gasteiger partial charge in [-0.3, -0.25) is 4.79 Å². The van der Waals surface area contributed by atoms with Gasteiger partial charge in [0.15, 0.2) is 9.84 Å². The van der Waals surface area contributed by atoms with Gasteiger partial charge in [0.2, 0.25) is 0 Å². The second-order valence-electron chi connectivity index (χ2n) is 7.82. The van der Waals surface area contributed by atoms with E-state index in [0.717, 1.165) is 11.6 Å². The summed E-state index contributed by atoms with van der Waals surface area (Å²) in [5.74, 6) is -0.566. The molecule has 0 radical (unpaired) electrons. The first kappa shape index (κ1) is 23.5. The highest BCUT2D eigenvalue weighted by atomic mass is 35.5. The lowest BCUT2D eigenvalue weighted by atomic mass is 9.87. The first-order valence-corrected chi connectivity index (χ1v) is 11.8. The Kier molecular flexibility index (Phi) is 6.95. The Bertz CT molecular complexity index is 1070. The van der Waals surface area contributed by atoms with Crippen LogP contribution < -0.4 is 5.32 Å². The van der Waals surface area contributed by atoms with Gasteiger partial charge < -0.3 is 5.32 Å². The summed E-state index contributed by atoms with van der Waals surface area (Å²) in [6.07, 6.45) is -2.25. The smallest absolute Gasteiger partial charge is 0.349 e. The maximum Gasteiger partial charge on any atom is 0.433 e. The molecule has 0 saturated heterocycles. The van der Waals surface area contributed by atoms with Gasteiger partial charge in [0.05, 0.1) is 16.2 Å². The van der Waals surface area contributed by atoms with E-state index in [9.17, 15) is 26.4 Å². The summed E-state index contributed by atoms with van der Waals surface area (Å²) in [5.41, 5.74) is -0.410. The molecular formula is C21H22ClF3N2O3S. The first-order chi connectivity index (χ1) is 14.5. The molecule has 1 heterocycles. The third-order valence-electron chi connectivity index (χ3n) is 5.37. The van der Waals surface area contributed by atoms with Crippen LogP contribution in [0.3, 0.4) is 0 Å². The third kappa shape index (κ3) is 5.98. The monoisotopic (exact) mass is 474 g/mol. The van der Waals surface area contributed by atoms with E-state index in [0.29, 0.717) is 36.6 Å². The fourth-order valence-electron chi connectivity index (χ4n) is 3.71. The molecule has 1 aromatic carbocycles. The predicted octanol–water partition coefficient (Wildman–Crippen LogP) is 4.82. The van der Waals surface area contributed by atoms with Crippen LogP contribution in [0, 0.1) is 12.8 Å². The zero-order chi connectivity index (χ0) is 22.8. The number of rotatable bonds is 5. The Morgan fingerprint density at radius 1 is 1.16 bits per heavy atom. The standard InChI is InChI=1S/C21H22ClF3N2O3S/c1-13-3-2-4-16(11-13)31(29,30)12-14-5-7-15(8-6-14)26-20(28)17-9-10-18(21(23,24)25)27-19(17)22/h2-4,9-11,14-15H,5-8,12H2,1H3,(H,26,28)/t14-,15-. The van der Waals surface area contributed by atoms with Crippen molar-refractivity contribution in [3.05, 3.63) is 58.4 Å². The Morgan fingerprint density at radius 2 is 1.84 bits per heavy atom. The molecule has 0 bridgehead atoms. The van der Waals surface area contributed by atoms with E-state index in [2.05, 4.69) is 10.3 Å². The number of nitrogens with one attached hydrogen (secondary N) is 1. The fourth-order valence-corrected chi connectivity index (χ4v) is 5.75. The van der Waals surface area contributed by atoms with Crippen LogP contribution in [0.4, 0.5) is 13.2 Å². The largest absolute Gasteiger partial charge is 0.433 e. The van der Waals surface area contributed by atoms with Crippen molar-refractivity contribution in [1.29, 1.82) is 0 Å². The molecule has 3 rings (SSSR count). The van der Waals surface area contributed by atoms with E-state index in [4.69, 9.17) is 11.6 Å². The van der Waals surface area contributed by atoms with Gasteiger partial charge in [0, 0.05) is 6.04 Å². The molecule has 0 unspecified atom stereocenters. The molecule has 168 valence electrons. The van der Waals surface area contributed by atoms with Crippen LogP contribution in [0.25, 0.3) is 0 Å². The predicted molar refractivity (Wildman–Crippen MR) is 111 cm³/mol. The van der Waals surface area contributed by atoms with E-state index in [1.807, 2.05) is 13.0 Å². The van der Waals surface area contributed by atoms with Crippen molar-refractivity contribution in [1.82, 2.24) is 10.3 Å². The van der Waals surface area contributed by atoms with Gasteiger partial charge in [-0.2, -0.15) is 13.2 Å². The zero-order valence-corrected chi connectivity index (χ0v) is 18.3. The number of aromatic nitrogens is 1. The van der Waals surface area contributed by atoms with Crippen LogP contribution in [0.2, 0.25) is 5.15 Å². The topological polar surface area (TPSA) is 76.1 Å². The molecule has 1 saturated carbocycles. The molecule has 1 aliphatic rings. The molecule has 10 heteroatoms. The minimum absolute atomic E-state index is 0.0185. The lowest BCUT2D eigenvalue weighted by Gasteiger charge is -2.29. The highest BCUT2D eigenvalue weighted by molar-refractivity contribution is 7.91. The van der Waals surface area contributed by atoms with Crippen LogP contribution >= 0.6 is 11.6 Å². The number of nitrogens with zero attached hydrogens (tertiary/aromatic N) is 1. The molecule has 2 aromatic rings. The third-order valence-corrected chi connectivity index (χ3v) is 7.54. The van der Waals surface area contributed by atoms with Gasteiger partial charge in [-0.15, -0.1) is 0 Å². The van der Waals surface area contributed by atoms with Crippen molar-refractivity contribution < 1.29 is 26.4 Å². The molecule has 31 heavy (non-hydrogen) atoms. The summed E-state index contributed by atoms with van der Waals surface area (Å²) in [6.45, 7) is 1.84. The SMILES string of the molecule is Cc1cccc(S(=O)(=O)C[C@H]2CC[C@H](NC(=O)c3ccc(C(F)(F)F)nc3Cl)CC2)c1. The average Bonchev–Trinajstić information content (AvgIpc) is 2.68. The Labute approximate surface area is 183 Å². The van der Waals surface area contributed by atoms with Gasteiger partial charge in [-0.05, 0) is 68.4 Å². The summed E-state index contributed by atoms with van der Waals surface area (Å²) in [6, 6.07) is 8.32. The summed E-state index contributed by atoms with van der Waals surface area (Å²) in [5, 5.41) is 2.25. The molecule has 0 aliphatic heterocycles. The van der Waals surface area contributed by atoms with E-state index in [1.54, 1.807) is 18.2 Å². The number of aryl methyl sites for hydroxylation is 1. The zero-order valence-electron chi connectivity index (χ0n) is 16.7. The van der Waals surface area contributed by atoms with Crippen molar-refractivity contribution in [2.75, 3.05) is 5.75 Å². The van der Waals surface area contributed by atoms with Crippen molar-refractivity contribution in [3.8, 4) is 0 Å². The van der Waals surface area contributed by atoms with E-state index in [1.165, 1.54) is 0 Å². The van der Waals surface area contributed by atoms with E-state index in [-0.39, 0.29) is 23.3 Å². The Hall–Kier alpha value is -2.13. The van der Waals surface area contributed by atoms with Crippen LogP contribution in [0.5, 0.6) is 0 Å². The Morgan fingerprint density at radius 3 is 2.42 bits per heavy atom. The first-order valence-electron chi connectivity index (χ1n) is 9.80. The number of carbonyl (C=O) groups is 1. The number of benzene rings is 1. The molecular weight excluding hydrogens is 453 g/mol. The van der Waals surface area contributed by atoms with Gasteiger partial charge >= 0.3 is 6.18 Å². The van der Waals surface area contributed by atoms with Crippen molar-refractivity contribution in [2.24, 2.45) is 5.92 Å². The van der Waals surface area contributed by atoms with Crippen LogP contribution in [0.15, 0.2) is 41.3 Å². The normalized spacial score (nSPS) is 19.8. The number of carbonyl (C=O) groups excluding carboxylic acids is 1. The quantitative estimate of drug-likeness (QED) is 0.630. The highest BCUT2D eigenvalue weighted by Gasteiger charge is 2.34. The van der Waals surface area contributed by atoms with Crippen molar-refractivity contribution in [2.45, 2.75) is 49.7 Å². The van der Waals surface area contributed by atoms with Crippen molar-refractivity contribution >= 4 is 27.3 Å². The molecule has 1 aromatic heterocycles. The van der Waals surface area contributed by atoms with Crippen LogP contribution in [-0.2, 0) is 16.0 Å². The van der Waals surface area contributed by atoms with E-state index >= 15 is 0 Å². The lowest BCUT2D eigenvalue weighted by molar-refractivity contribution is -0.141. The van der Waals surface area contributed by atoms with Gasteiger partial charge in [-0.25, -0.2) is 13.4 Å². The number of halogens is 4. The van der Waals surface area contributed by atoms with Crippen molar-refractivity contribution in [3.63, 3.8) is 0 Å². The average molecular weight is 475 g/mol. The lowest BCUT2D eigenvalue weighted by Crippen LogP contribution is -2.38. The summed E-state index contributed by atoms with van der Waals surface area (Å²) in [7, 11) is -3.39. The number of sulfone groups is 1. The minimum Gasteiger partial charge on any atom is -0.349 e. The molecule has 1 N–H and O–H groups in total. The Balaban J connectivity index is 1.56. The van der Waals surface area contributed by atoms with Crippen LogP contribution in [-0.4, -0.2) is 31.1 Å². The summed E-state index contributed by atoms with van der Waals surface area (Å²) in [4.78, 5) is 16.0. The number of amides is 1. The number of pyridine rings is 1. The number of alkyl halides is 3. The second kappa shape index (κ2) is 9.16.